The number of halogens is 2. The summed E-state index contributed by atoms with van der Waals surface area (Å²) in [4.78, 5) is 12.4. The first-order valence-corrected chi connectivity index (χ1v) is 8.34. The molecule has 0 atom stereocenters. The lowest BCUT2D eigenvalue weighted by atomic mass is 10.1. The molecule has 0 unspecified atom stereocenters. The van der Waals surface area contributed by atoms with Gasteiger partial charge in [0, 0.05) is 24.4 Å². The summed E-state index contributed by atoms with van der Waals surface area (Å²) in [5.41, 5.74) is 1.46. The average Bonchev–Trinajstić information content (AvgIpc) is 2.87. The van der Waals surface area contributed by atoms with E-state index in [1.165, 1.54) is 0 Å². The summed E-state index contributed by atoms with van der Waals surface area (Å²) in [5.74, 6) is -0.0961. The largest absolute Gasteiger partial charge is 0.321 e. The zero-order chi connectivity index (χ0) is 14.1. The molecule has 1 aromatic heterocycles. The molecule has 0 bridgehead atoms. The Morgan fingerprint density at radius 3 is 2.75 bits per heavy atom. The maximum atomic E-state index is 12.4. The lowest BCUT2D eigenvalue weighted by molar-refractivity contribution is 0.102. The van der Waals surface area contributed by atoms with E-state index in [0.717, 1.165) is 24.7 Å². The summed E-state index contributed by atoms with van der Waals surface area (Å²) in [7, 11) is 0. The minimum absolute atomic E-state index is 0.0961. The molecule has 100 valence electrons. The lowest BCUT2D eigenvalue weighted by Crippen LogP contribution is -2.11. The summed E-state index contributed by atoms with van der Waals surface area (Å²) in [6.07, 6.45) is 0. The molecule has 20 heavy (non-hydrogen) atoms. The van der Waals surface area contributed by atoms with Crippen LogP contribution >= 0.6 is 43.2 Å². The van der Waals surface area contributed by atoms with Crippen LogP contribution in [0.3, 0.4) is 0 Å². The average molecular weight is 411 g/mol. The number of hydrogen-bond donors (Lipinski definition) is 1. The zero-order valence-electron chi connectivity index (χ0n) is 10.2. The van der Waals surface area contributed by atoms with Crippen molar-refractivity contribution in [2.45, 2.75) is 0 Å². The molecule has 0 spiro atoms. The van der Waals surface area contributed by atoms with Gasteiger partial charge in [0.05, 0.1) is 11.3 Å². The van der Waals surface area contributed by atoms with E-state index >= 15 is 0 Å². The number of anilines is 1. The van der Waals surface area contributed by atoms with E-state index in [9.17, 15) is 4.79 Å². The third-order valence-corrected chi connectivity index (χ3v) is 5.05. The molecular formula is C15H9Br2NOS. The first kappa shape index (κ1) is 13.8. The van der Waals surface area contributed by atoms with Crippen molar-refractivity contribution in [2.75, 3.05) is 5.32 Å². The minimum atomic E-state index is -0.0961. The second-order valence-electron chi connectivity index (χ2n) is 4.22. The van der Waals surface area contributed by atoms with Crippen molar-refractivity contribution in [1.29, 1.82) is 0 Å². The number of hydrogen-bond acceptors (Lipinski definition) is 2. The first-order valence-electron chi connectivity index (χ1n) is 5.88. The van der Waals surface area contributed by atoms with Crippen LogP contribution in [-0.4, -0.2) is 5.91 Å². The smallest absolute Gasteiger partial charge is 0.257 e. The van der Waals surface area contributed by atoms with Crippen molar-refractivity contribution in [3.8, 4) is 0 Å². The molecule has 0 saturated carbocycles. The van der Waals surface area contributed by atoms with Gasteiger partial charge in [0.25, 0.3) is 5.91 Å². The molecule has 3 rings (SSSR count). The molecule has 0 radical (unpaired) electrons. The molecule has 1 heterocycles. The van der Waals surface area contributed by atoms with Crippen LogP contribution in [0.4, 0.5) is 5.69 Å². The van der Waals surface area contributed by atoms with E-state index in [1.54, 1.807) is 11.3 Å². The van der Waals surface area contributed by atoms with Gasteiger partial charge in [0.1, 0.15) is 0 Å². The second-order valence-corrected chi connectivity index (χ2v) is 6.91. The molecule has 0 aliphatic carbocycles. The molecule has 2 nitrogen and oxygen atoms in total. The Morgan fingerprint density at radius 2 is 1.90 bits per heavy atom. The molecule has 2 aromatic carbocycles. The Balaban J connectivity index is 1.95. The van der Waals surface area contributed by atoms with Crippen molar-refractivity contribution in [1.82, 2.24) is 0 Å². The van der Waals surface area contributed by atoms with Crippen LogP contribution in [0.1, 0.15) is 10.4 Å². The van der Waals surface area contributed by atoms with Gasteiger partial charge in [-0.3, -0.25) is 4.79 Å². The van der Waals surface area contributed by atoms with Crippen LogP contribution in [-0.2, 0) is 0 Å². The van der Waals surface area contributed by atoms with Crippen molar-refractivity contribution in [2.24, 2.45) is 0 Å². The van der Waals surface area contributed by atoms with Gasteiger partial charge in [-0.2, -0.15) is 0 Å². The minimum Gasteiger partial charge on any atom is -0.321 e. The van der Waals surface area contributed by atoms with Crippen LogP contribution in [0, 0.1) is 0 Å². The maximum Gasteiger partial charge on any atom is 0.257 e. The van der Waals surface area contributed by atoms with Crippen molar-refractivity contribution >= 4 is 64.9 Å². The van der Waals surface area contributed by atoms with Gasteiger partial charge in [-0.05, 0) is 40.2 Å². The Bertz CT molecular complexity index is 797. The number of amides is 1. The molecular weight excluding hydrogens is 402 g/mol. The summed E-state index contributed by atoms with van der Waals surface area (Å²) in [6.45, 7) is 0. The molecule has 5 heteroatoms. The molecule has 0 aliphatic rings. The Labute approximate surface area is 137 Å². The number of carbonyl (C=O) groups excluding carboxylic acids is 1. The van der Waals surface area contributed by atoms with Gasteiger partial charge in [-0.15, -0.1) is 11.3 Å². The molecule has 1 N–H and O–H groups in total. The third kappa shape index (κ3) is 2.66. The molecule has 0 aliphatic heterocycles. The van der Waals surface area contributed by atoms with E-state index in [2.05, 4.69) is 37.2 Å². The normalized spacial score (nSPS) is 10.7. The molecule has 0 saturated heterocycles. The number of carbonyl (C=O) groups is 1. The number of benzene rings is 2. The highest BCUT2D eigenvalue weighted by atomic mass is 79.9. The van der Waals surface area contributed by atoms with Crippen LogP contribution in [0.5, 0.6) is 0 Å². The predicted octanol–water partition coefficient (Wildman–Crippen LogP) is 5.68. The fourth-order valence-corrected chi connectivity index (χ4v) is 3.58. The molecule has 1 amide bonds. The van der Waals surface area contributed by atoms with Gasteiger partial charge in [-0.1, -0.05) is 34.1 Å². The van der Waals surface area contributed by atoms with Gasteiger partial charge in [0.2, 0.25) is 0 Å². The third-order valence-electron chi connectivity index (χ3n) is 2.90. The summed E-state index contributed by atoms with van der Waals surface area (Å²) < 4.78 is 2.89. The maximum absolute atomic E-state index is 12.4. The summed E-state index contributed by atoms with van der Waals surface area (Å²) in [6, 6.07) is 13.6. The van der Waals surface area contributed by atoms with Crippen molar-refractivity contribution in [3.63, 3.8) is 0 Å². The van der Waals surface area contributed by atoms with Crippen molar-refractivity contribution in [3.05, 3.63) is 62.4 Å². The van der Waals surface area contributed by atoms with E-state index in [-0.39, 0.29) is 5.91 Å². The van der Waals surface area contributed by atoms with E-state index in [4.69, 9.17) is 0 Å². The first-order chi connectivity index (χ1) is 9.65. The highest BCUT2D eigenvalue weighted by molar-refractivity contribution is 9.11. The topological polar surface area (TPSA) is 29.1 Å². The number of nitrogens with one attached hydrogen (secondary N) is 1. The van der Waals surface area contributed by atoms with Gasteiger partial charge in [-0.25, -0.2) is 0 Å². The zero-order valence-corrected chi connectivity index (χ0v) is 14.2. The lowest BCUT2D eigenvalue weighted by Gasteiger charge is -2.07. The number of thiophene rings is 1. The predicted molar refractivity (Wildman–Crippen MR) is 91.6 cm³/mol. The van der Waals surface area contributed by atoms with Gasteiger partial charge >= 0.3 is 0 Å². The Morgan fingerprint density at radius 1 is 1.10 bits per heavy atom. The van der Waals surface area contributed by atoms with Crippen LogP contribution in [0.15, 0.2) is 56.8 Å². The van der Waals surface area contributed by atoms with Crippen LogP contribution < -0.4 is 5.32 Å². The fourth-order valence-electron chi connectivity index (χ4n) is 1.94. The number of rotatable bonds is 2. The summed E-state index contributed by atoms with van der Waals surface area (Å²) >= 11 is 8.42. The van der Waals surface area contributed by atoms with Crippen LogP contribution in [0.2, 0.25) is 0 Å². The van der Waals surface area contributed by atoms with Gasteiger partial charge in [0.15, 0.2) is 0 Å². The van der Waals surface area contributed by atoms with E-state index in [1.807, 2.05) is 47.8 Å². The monoisotopic (exact) mass is 409 g/mol. The highest BCUT2D eigenvalue weighted by Crippen LogP contribution is 2.29. The van der Waals surface area contributed by atoms with E-state index in [0.29, 0.717) is 5.56 Å². The Kier molecular flexibility index (Phi) is 3.92. The van der Waals surface area contributed by atoms with Crippen LogP contribution in [0.25, 0.3) is 10.1 Å². The van der Waals surface area contributed by atoms with Gasteiger partial charge < -0.3 is 5.32 Å². The SMILES string of the molecule is O=C(Nc1cc(Br)ccc1Br)c1csc2ccccc12. The second kappa shape index (κ2) is 5.68. The Hall–Kier alpha value is -1.17. The highest BCUT2D eigenvalue weighted by Gasteiger charge is 2.13. The van der Waals surface area contributed by atoms with Crippen molar-refractivity contribution < 1.29 is 4.79 Å². The van der Waals surface area contributed by atoms with E-state index < -0.39 is 0 Å². The molecule has 3 aromatic rings. The molecule has 0 fully saturated rings. The number of fused-ring (bicyclic) bond motifs is 1. The quantitative estimate of drug-likeness (QED) is 0.578. The standard InChI is InChI=1S/C15H9Br2NOS/c16-9-5-6-12(17)13(7-9)18-15(19)11-8-20-14-4-2-1-3-10(11)14/h1-8H,(H,18,19). The summed E-state index contributed by atoms with van der Waals surface area (Å²) in [5, 5.41) is 5.82. The fraction of sp³-hybridized carbons (Fsp3) is 0.